The summed E-state index contributed by atoms with van der Waals surface area (Å²) in [4.78, 5) is 26.1. The van der Waals surface area contributed by atoms with Gasteiger partial charge in [0.2, 0.25) is 18.4 Å². The third kappa shape index (κ3) is 5.63. The number of hydrogen-bond donors (Lipinski definition) is 4. The summed E-state index contributed by atoms with van der Waals surface area (Å²) in [6, 6.07) is 6.30. The van der Waals surface area contributed by atoms with Crippen molar-refractivity contribution in [1.82, 2.24) is 5.32 Å². The first-order valence-corrected chi connectivity index (χ1v) is 15.1. The number of cyclic esters (lactones) is 1. The van der Waals surface area contributed by atoms with Crippen molar-refractivity contribution < 1.29 is 57.2 Å². The molecule has 3 aliphatic rings. The van der Waals surface area contributed by atoms with Crippen molar-refractivity contribution in [1.29, 1.82) is 0 Å². The van der Waals surface area contributed by atoms with Crippen molar-refractivity contribution in [2.45, 2.75) is 30.8 Å². The van der Waals surface area contributed by atoms with Gasteiger partial charge in [0, 0.05) is 30.8 Å². The standard InChI is InChI=1S/C26H31N3O8.ClH.Pt/c1-33-19-5-12(6-20(34-2)25(19)31)22-14-7-17-18(37-11-36-17)8-15(14)24(16-10-35-26(32)23(16)22)29-21(30)4-3-13(28)9-27;;/h5-8,13,16,22-24,31H,3-4,9-11,27-28H2,1-2H3,(H,29,30);1H;/q;;+1/p-1/t13-,16-,22+,23+,24+;;/m0../s1. The fraction of sp³-hybridized carbons (Fsp3) is 0.462. The molecule has 0 bridgehead atoms. The Kier molecular flexibility index (Phi) is 9.48. The van der Waals surface area contributed by atoms with Crippen LogP contribution in [0.25, 0.3) is 0 Å². The van der Waals surface area contributed by atoms with Crippen LogP contribution in [0.15, 0.2) is 24.3 Å². The van der Waals surface area contributed by atoms with Crippen LogP contribution in [-0.4, -0.2) is 57.2 Å². The van der Waals surface area contributed by atoms with E-state index in [-0.39, 0.29) is 67.5 Å². The number of nitrogens with one attached hydrogen (secondary N) is 1. The maximum atomic E-state index is 13.2. The van der Waals surface area contributed by atoms with Gasteiger partial charge in [-0.05, 0) is 47.4 Å². The normalized spacial score (nSPS) is 23.0. The van der Waals surface area contributed by atoms with Gasteiger partial charge in [-0.2, -0.15) is 0 Å². The number of fused-ring (bicyclic) bond motifs is 3. The Balaban J connectivity index is 0.00000172. The number of hydrogen-bond acceptors (Lipinski definition) is 10. The molecule has 2 aromatic rings. The number of rotatable bonds is 8. The molecule has 0 unspecified atom stereocenters. The number of halogens is 1. The zero-order valence-electron chi connectivity index (χ0n) is 21.4. The second kappa shape index (κ2) is 12.6. The summed E-state index contributed by atoms with van der Waals surface area (Å²) in [6.45, 7) is 0.511. The van der Waals surface area contributed by atoms with Crippen LogP contribution < -0.4 is 35.7 Å². The quantitative estimate of drug-likeness (QED) is 0.294. The molecular formula is C26H31ClN3O8Pt. The number of amides is 1. The molecule has 2 aliphatic heterocycles. The van der Waals surface area contributed by atoms with E-state index in [1.807, 2.05) is 12.1 Å². The van der Waals surface area contributed by atoms with Crippen LogP contribution in [0.1, 0.15) is 41.5 Å². The number of aromatic hydroxyl groups is 1. The summed E-state index contributed by atoms with van der Waals surface area (Å²) in [5.74, 6) is -0.592. The number of nitrogens with two attached hydrogens (primary N) is 2. The first kappa shape index (κ1) is 29.3. The predicted molar refractivity (Wildman–Crippen MR) is 137 cm³/mol. The monoisotopic (exact) mass is 743 g/mol. The number of carbonyl (C=O) groups excluding carboxylic acids is 2. The molecule has 5 rings (SSSR count). The van der Waals surface area contributed by atoms with E-state index < -0.39 is 17.9 Å². The van der Waals surface area contributed by atoms with E-state index in [4.69, 9.17) is 35.2 Å². The Hall–Kier alpha value is -2.72. The first-order chi connectivity index (χ1) is 18.9. The summed E-state index contributed by atoms with van der Waals surface area (Å²) >= 11 is 1.61. The van der Waals surface area contributed by atoms with Gasteiger partial charge in [0.25, 0.3) is 0 Å². The molecule has 1 fully saturated rings. The fourth-order valence-corrected chi connectivity index (χ4v) is 5.52. The van der Waals surface area contributed by atoms with Gasteiger partial charge in [0.1, 0.15) is 0 Å². The number of benzene rings is 2. The van der Waals surface area contributed by atoms with Crippen LogP contribution in [0.2, 0.25) is 0 Å². The van der Waals surface area contributed by atoms with Crippen molar-refractivity contribution in [3.05, 3.63) is 41.0 Å². The number of esters is 1. The van der Waals surface area contributed by atoms with Crippen LogP contribution in [0, 0.1) is 11.8 Å². The number of methoxy groups -OCH3 is 2. The zero-order chi connectivity index (χ0) is 28.3. The first-order valence-electron chi connectivity index (χ1n) is 12.3. The van der Waals surface area contributed by atoms with Gasteiger partial charge in [0.15, 0.2) is 23.0 Å². The molecule has 0 radical (unpaired) electrons. The van der Waals surface area contributed by atoms with Gasteiger partial charge in [-0.25, -0.2) is 0 Å². The van der Waals surface area contributed by atoms with Crippen LogP contribution in [0.4, 0.5) is 0 Å². The van der Waals surface area contributed by atoms with Crippen molar-refractivity contribution in [2.24, 2.45) is 23.3 Å². The summed E-state index contributed by atoms with van der Waals surface area (Å²) in [5, 5.41) is 13.6. The fourth-order valence-electron chi connectivity index (χ4n) is 5.52. The number of carbonyl (C=O) groups is 2. The zero-order valence-corrected chi connectivity index (χ0v) is 24.4. The topological polar surface area (TPSA) is 165 Å². The van der Waals surface area contributed by atoms with Crippen molar-refractivity contribution >= 4 is 21.3 Å². The van der Waals surface area contributed by atoms with Gasteiger partial charge in [-0.3, -0.25) is 9.59 Å². The van der Waals surface area contributed by atoms with Crippen LogP contribution in [-0.2, 0) is 33.1 Å². The molecule has 1 amide bonds. The third-order valence-electron chi connectivity index (χ3n) is 7.41. The predicted octanol–water partition coefficient (Wildman–Crippen LogP) is 1.98. The van der Waals surface area contributed by atoms with Gasteiger partial charge in [-0.1, -0.05) is 0 Å². The molecule has 13 heteroatoms. The molecule has 0 aromatic heterocycles. The van der Waals surface area contributed by atoms with E-state index in [2.05, 4.69) is 14.7 Å². The van der Waals surface area contributed by atoms with Crippen molar-refractivity contribution in [2.75, 3.05) is 34.2 Å². The minimum atomic E-state index is -0.608. The van der Waals surface area contributed by atoms with E-state index in [0.717, 1.165) is 11.1 Å². The third-order valence-corrected chi connectivity index (χ3v) is 7.41. The molecule has 2 aromatic carbocycles. The van der Waals surface area contributed by atoms with E-state index in [0.29, 0.717) is 23.5 Å². The summed E-state index contributed by atoms with van der Waals surface area (Å²) in [5.41, 5.74) is 13.8. The molecule has 6 N–H and O–H groups in total. The van der Waals surface area contributed by atoms with Gasteiger partial charge in [0.05, 0.1) is 32.8 Å². The van der Waals surface area contributed by atoms with Crippen molar-refractivity contribution in [3.63, 3.8) is 0 Å². The molecule has 0 saturated carbocycles. The Bertz CT molecular complexity index is 1210. The Labute approximate surface area is 241 Å². The molecule has 215 valence electrons. The maximum absolute atomic E-state index is 13.2. The average Bonchev–Trinajstić information content (AvgIpc) is 3.58. The number of ether oxygens (including phenoxy) is 5. The van der Waals surface area contributed by atoms with Crippen molar-refractivity contribution in [3.8, 4) is 28.7 Å². The molecule has 2 heterocycles. The van der Waals surface area contributed by atoms with E-state index in [1.54, 1.807) is 30.9 Å². The summed E-state index contributed by atoms with van der Waals surface area (Å²) < 4.78 is 27.6. The van der Waals surface area contributed by atoms with E-state index in [9.17, 15) is 14.7 Å². The second-order valence-corrected chi connectivity index (χ2v) is 9.49. The number of phenols is 1. The minimum absolute atomic E-state index is 0.0760. The van der Waals surface area contributed by atoms with Gasteiger partial charge >= 0.3 is 34.2 Å². The summed E-state index contributed by atoms with van der Waals surface area (Å²) in [6.07, 6.45) is 0.652. The number of phenolic OH excluding ortho intramolecular Hbond substituents is 1. The molecule has 0 spiro atoms. The molecular weight excluding hydrogens is 713 g/mol. The van der Waals surface area contributed by atoms with Gasteiger partial charge in [-0.15, -0.1) is 0 Å². The summed E-state index contributed by atoms with van der Waals surface area (Å²) in [7, 11) is 7.50. The van der Waals surface area contributed by atoms with E-state index in [1.165, 1.54) is 14.2 Å². The molecule has 1 saturated heterocycles. The molecule has 1 aliphatic carbocycles. The molecule has 39 heavy (non-hydrogen) atoms. The SMILES string of the molecule is COc1cc([C@@H]2c3cc4c(cc3[C@@H](NC(=O)CC[C@H](N)CN)[C@H]3COC(=O)[C@@H]23)OCO4)cc(OC)c1O.[Cl][Pt]. The van der Waals surface area contributed by atoms with Crippen LogP contribution >= 0.6 is 9.42 Å². The van der Waals surface area contributed by atoms with Gasteiger partial charge < -0.3 is 45.6 Å². The van der Waals surface area contributed by atoms with Crippen LogP contribution in [0.5, 0.6) is 28.7 Å². The Morgan fingerprint density at radius 2 is 1.74 bits per heavy atom. The van der Waals surface area contributed by atoms with E-state index >= 15 is 0 Å². The Morgan fingerprint density at radius 1 is 1.13 bits per heavy atom. The Morgan fingerprint density at radius 3 is 2.33 bits per heavy atom. The van der Waals surface area contributed by atoms with Crippen LogP contribution in [0.3, 0.4) is 0 Å². The average molecular weight is 744 g/mol. The molecule has 11 nitrogen and oxygen atoms in total. The molecule has 5 atom stereocenters. The second-order valence-electron chi connectivity index (χ2n) is 9.49.